The zero-order valence-electron chi connectivity index (χ0n) is 15.9. The molecule has 0 aliphatic carbocycles. The molecule has 28 heavy (non-hydrogen) atoms. The van der Waals surface area contributed by atoms with Crippen molar-refractivity contribution in [3.63, 3.8) is 0 Å². The van der Waals surface area contributed by atoms with E-state index in [1.807, 2.05) is 6.08 Å². The number of hydrogen-bond donors (Lipinski definition) is 5. The quantitative estimate of drug-likeness (QED) is 0.281. The first-order valence-electron chi connectivity index (χ1n) is 9.52. The van der Waals surface area contributed by atoms with E-state index in [-0.39, 0.29) is 17.9 Å². The molecule has 0 aromatic rings. The van der Waals surface area contributed by atoms with Crippen LogP contribution in [0.25, 0.3) is 0 Å². The lowest BCUT2D eigenvalue weighted by molar-refractivity contribution is -0.205. The molecule has 0 aromatic carbocycles. The van der Waals surface area contributed by atoms with Crippen LogP contribution >= 0.6 is 23.4 Å². The number of aliphatic hydroxyl groups excluding tert-OH is 3. The third kappa shape index (κ3) is 4.52. The Labute approximate surface area is 174 Å². The van der Waals surface area contributed by atoms with Crippen molar-refractivity contribution in [2.24, 2.45) is 5.92 Å². The normalized spacial score (nSPS) is 43.1. The minimum absolute atomic E-state index is 0.218. The smallest absolute Gasteiger partial charge is 0.240 e. The van der Waals surface area contributed by atoms with Gasteiger partial charge in [-0.25, -0.2) is 0 Å². The maximum atomic E-state index is 13.0. The fraction of sp³-hybridized carbons (Fsp3) is 0.833. The van der Waals surface area contributed by atoms with E-state index in [2.05, 4.69) is 16.7 Å². The Hall–Kier alpha value is -0.390. The van der Waals surface area contributed by atoms with Crippen LogP contribution in [0.2, 0.25) is 0 Å². The molecular formula is C18H29ClN2O6S. The molecule has 0 aromatic heterocycles. The van der Waals surface area contributed by atoms with Gasteiger partial charge in [-0.1, -0.05) is 12.2 Å². The Morgan fingerprint density at radius 2 is 2.04 bits per heavy atom. The van der Waals surface area contributed by atoms with Crippen molar-refractivity contribution in [1.29, 1.82) is 0 Å². The highest BCUT2D eigenvalue weighted by atomic mass is 35.5. The lowest BCUT2D eigenvalue weighted by atomic mass is 9.92. The Balaban J connectivity index is 1.71. The van der Waals surface area contributed by atoms with Crippen LogP contribution < -0.4 is 10.6 Å². The van der Waals surface area contributed by atoms with Gasteiger partial charge < -0.3 is 35.4 Å². The molecule has 0 radical (unpaired) electrons. The van der Waals surface area contributed by atoms with Crippen LogP contribution in [0.15, 0.2) is 12.2 Å². The van der Waals surface area contributed by atoms with Crippen LogP contribution in [0.1, 0.15) is 13.3 Å². The van der Waals surface area contributed by atoms with Crippen molar-refractivity contribution in [2.75, 3.05) is 19.4 Å². The van der Waals surface area contributed by atoms with Gasteiger partial charge in [0.25, 0.3) is 0 Å². The van der Waals surface area contributed by atoms with Crippen LogP contribution in [-0.2, 0) is 14.3 Å². The van der Waals surface area contributed by atoms with Crippen LogP contribution in [0.4, 0.5) is 0 Å². The number of carbonyl (C=O) groups is 1. The molecule has 2 saturated heterocycles. The van der Waals surface area contributed by atoms with Gasteiger partial charge >= 0.3 is 0 Å². The lowest BCUT2D eigenvalue weighted by Gasteiger charge is -2.44. The minimum atomic E-state index is -1.39. The summed E-state index contributed by atoms with van der Waals surface area (Å²) < 4.78 is 11.6. The van der Waals surface area contributed by atoms with E-state index < -0.39 is 47.3 Å². The number of ether oxygens (including phenoxy) is 2. The number of thioether (sulfide) groups is 1. The Morgan fingerprint density at radius 1 is 1.29 bits per heavy atom. The van der Waals surface area contributed by atoms with Gasteiger partial charge in [-0.15, -0.1) is 23.4 Å². The number of nitrogens with one attached hydrogen (secondary N) is 2. The van der Waals surface area contributed by atoms with Crippen LogP contribution in [-0.4, -0.2) is 94.1 Å². The highest BCUT2D eigenvalue weighted by molar-refractivity contribution is 7.99. The second-order valence-electron chi connectivity index (χ2n) is 7.54. The van der Waals surface area contributed by atoms with E-state index in [1.165, 1.54) is 11.8 Å². The number of alkyl halides is 1. The first kappa shape index (κ1) is 22.3. The lowest BCUT2D eigenvalue weighted by Crippen LogP contribution is -2.65. The summed E-state index contributed by atoms with van der Waals surface area (Å²) in [7, 11) is 0. The average molecular weight is 437 g/mol. The fourth-order valence-corrected chi connectivity index (χ4v) is 4.94. The minimum Gasteiger partial charge on any atom is -0.388 e. The number of amides is 1. The van der Waals surface area contributed by atoms with Crippen LogP contribution in [0.3, 0.4) is 0 Å². The molecule has 0 spiro atoms. The molecule has 1 amide bonds. The standard InChI is InChI=1S/C18H29ClN2O6S/c1-8(19)10(16-13(23)12(22)14(24)18(27-16)28-2)21-17(25)11-15-9(7-20-11)5-3-4-6-26-15/h3-4,8-16,18,20,22-24H,5-7H2,1-2H3,(H,21,25). The monoisotopic (exact) mass is 436 g/mol. The first-order valence-corrected chi connectivity index (χ1v) is 11.2. The molecule has 3 aliphatic heterocycles. The average Bonchev–Trinajstić information content (AvgIpc) is 2.93. The third-order valence-corrected chi connectivity index (χ3v) is 6.79. The van der Waals surface area contributed by atoms with Crippen molar-refractivity contribution in [1.82, 2.24) is 10.6 Å². The molecule has 2 fully saturated rings. The highest BCUT2D eigenvalue weighted by Crippen LogP contribution is 2.31. The number of carbonyl (C=O) groups excluding carboxylic acids is 1. The molecule has 10 unspecified atom stereocenters. The maximum absolute atomic E-state index is 13.0. The largest absolute Gasteiger partial charge is 0.388 e. The van der Waals surface area contributed by atoms with Crippen molar-refractivity contribution in [3.05, 3.63) is 12.2 Å². The number of rotatable bonds is 5. The molecule has 10 heteroatoms. The second kappa shape index (κ2) is 9.61. The summed E-state index contributed by atoms with van der Waals surface area (Å²) in [6.45, 7) is 2.83. The molecule has 0 bridgehead atoms. The summed E-state index contributed by atoms with van der Waals surface area (Å²) in [5.41, 5.74) is -0.733. The first-order chi connectivity index (χ1) is 13.3. The van der Waals surface area contributed by atoms with E-state index in [4.69, 9.17) is 21.1 Å². The van der Waals surface area contributed by atoms with E-state index in [0.717, 1.165) is 6.42 Å². The van der Waals surface area contributed by atoms with Gasteiger partial charge in [-0.05, 0) is 19.6 Å². The van der Waals surface area contributed by atoms with Gasteiger partial charge in [0.1, 0.15) is 35.9 Å². The Bertz CT molecular complexity index is 580. The van der Waals surface area contributed by atoms with Gasteiger partial charge in [-0.3, -0.25) is 4.79 Å². The molecule has 3 heterocycles. The molecule has 3 rings (SSSR count). The summed E-state index contributed by atoms with van der Waals surface area (Å²) in [5.74, 6) is -0.0697. The van der Waals surface area contributed by atoms with Gasteiger partial charge in [0, 0.05) is 12.5 Å². The van der Waals surface area contributed by atoms with E-state index in [9.17, 15) is 20.1 Å². The predicted octanol–water partition coefficient (Wildman–Crippen LogP) is -0.798. The molecule has 10 atom stereocenters. The predicted molar refractivity (Wildman–Crippen MR) is 106 cm³/mol. The van der Waals surface area contributed by atoms with Crippen molar-refractivity contribution < 1.29 is 29.6 Å². The molecule has 8 nitrogen and oxygen atoms in total. The van der Waals surface area contributed by atoms with Gasteiger partial charge in [0.05, 0.1) is 24.1 Å². The zero-order valence-corrected chi connectivity index (χ0v) is 17.5. The fourth-order valence-electron chi connectivity index (χ4n) is 4.06. The van der Waals surface area contributed by atoms with Gasteiger partial charge in [0.2, 0.25) is 5.91 Å². The summed E-state index contributed by atoms with van der Waals surface area (Å²) in [6.07, 6.45) is 1.39. The molecular weight excluding hydrogens is 408 g/mol. The molecule has 160 valence electrons. The third-order valence-electron chi connectivity index (χ3n) is 5.66. The summed E-state index contributed by atoms with van der Waals surface area (Å²) in [5, 5.41) is 36.2. The summed E-state index contributed by atoms with van der Waals surface area (Å²) in [6, 6.07) is -1.29. The Kier molecular flexibility index (Phi) is 7.66. The Morgan fingerprint density at radius 3 is 2.71 bits per heavy atom. The number of halogens is 1. The maximum Gasteiger partial charge on any atom is 0.240 e. The topological polar surface area (TPSA) is 120 Å². The van der Waals surface area contributed by atoms with Crippen molar-refractivity contribution in [2.45, 2.75) is 66.8 Å². The van der Waals surface area contributed by atoms with Gasteiger partial charge in [-0.2, -0.15) is 0 Å². The highest BCUT2D eigenvalue weighted by Gasteiger charge is 2.49. The number of aliphatic hydroxyl groups is 3. The van der Waals surface area contributed by atoms with E-state index >= 15 is 0 Å². The van der Waals surface area contributed by atoms with Crippen LogP contribution in [0.5, 0.6) is 0 Å². The van der Waals surface area contributed by atoms with Gasteiger partial charge in [0.15, 0.2) is 0 Å². The van der Waals surface area contributed by atoms with Crippen molar-refractivity contribution >= 4 is 29.3 Å². The number of allylic oxidation sites excluding steroid dienone is 1. The second-order valence-corrected chi connectivity index (χ2v) is 9.16. The SMILES string of the molecule is CSC1OC(C(NC(=O)C2NCC3CC=CCOC32)C(C)Cl)C(O)C(O)C1O. The van der Waals surface area contributed by atoms with Crippen molar-refractivity contribution in [3.8, 4) is 0 Å². The number of hydrogen-bond acceptors (Lipinski definition) is 8. The summed E-state index contributed by atoms with van der Waals surface area (Å²) >= 11 is 7.53. The molecule has 0 saturated carbocycles. The molecule has 3 aliphatic rings. The number of fused-ring (bicyclic) bond motifs is 1. The summed E-state index contributed by atoms with van der Waals surface area (Å²) in [4.78, 5) is 13.0. The van der Waals surface area contributed by atoms with E-state index in [1.54, 1.807) is 13.2 Å². The zero-order chi connectivity index (χ0) is 20.4. The van der Waals surface area contributed by atoms with E-state index in [0.29, 0.717) is 13.2 Å². The molecule has 5 N–H and O–H groups in total. The van der Waals surface area contributed by atoms with Crippen LogP contribution in [0, 0.1) is 5.92 Å².